The Kier molecular flexibility index (Phi) is 5.21. The van der Waals surface area contributed by atoms with E-state index >= 15 is 0 Å². The molecule has 0 radical (unpaired) electrons. The Bertz CT molecular complexity index is 392. The first-order chi connectivity index (χ1) is 8.10. The maximum Gasteiger partial charge on any atom is 0.256 e. The molecule has 0 bridgehead atoms. The molecule has 0 aliphatic rings. The normalized spacial score (nSPS) is 10.3. The predicted octanol–water partition coefficient (Wildman–Crippen LogP) is 0.349. The largest absolute Gasteiger partial charge is 0.398 e. The summed E-state index contributed by atoms with van der Waals surface area (Å²) in [6, 6.07) is 4.59. The summed E-state index contributed by atoms with van der Waals surface area (Å²) in [5, 5.41) is 18.1. The van der Waals surface area contributed by atoms with Crippen molar-refractivity contribution in [2.24, 2.45) is 0 Å². The van der Waals surface area contributed by atoms with E-state index in [0.717, 1.165) is 0 Å². The standard InChI is InChI=1S/C11H15ClN2O3/c12-8-1-2-9(10(13)7-8)11(17)14(3-5-15)4-6-16/h1-2,7,15-16H,3-6,13H2. The lowest BCUT2D eigenvalue weighted by atomic mass is 10.1. The van der Waals surface area contributed by atoms with Crippen molar-refractivity contribution in [2.45, 2.75) is 0 Å². The van der Waals surface area contributed by atoms with Crippen LogP contribution in [-0.4, -0.2) is 47.3 Å². The number of benzene rings is 1. The summed E-state index contributed by atoms with van der Waals surface area (Å²) in [7, 11) is 0. The van der Waals surface area contributed by atoms with Crippen molar-refractivity contribution in [3.8, 4) is 0 Å². The van der Waals surface area contributed by atoms with E-state index in [1.807, 2.05) is 0 Å². The van der Waals surface area contributed by atoms with Gasteiger partial charge in [0.05, 0.1) is 18.8 Å². The first-order valence-electron chi connectivity index (χ1n) is 5.16. The van der Waals surface area contributed by atoms with Crippen LogP contribution < -0.4 is 5.73 Å². The minimum atomic E-state index is -0.331. The minimum Gasteiger partial charge on any atom is -0.398 e. The van der Waals surface area contributed by atoms with Gasteiger partial charge in [-0.15, -0.1) is 0 Å². The molecule has 0 heterocycles. The molecular formula is C11H15ClN2O3. The summed E-state index contributed by atoms with van der Waals surface area (Å²) in [6.07, 6.45) is 0. The number of rotatable bonds is 5. The molecule has 0 aliphatic heterocycles. The Labute approximate surface area is 104 Å². The molecule has 0 fully saturated rings. The van der Waals surface area contributed by atoms with Crippen LogP contribution in [0.5, 0.6) is 0 Å². The average molecular weight is 259 g/mol. The number of nitrogen functional groups attached to an aromatic ring is 1. The zero-order chi connectivity index (χ0) is 12.8. The van der Waals surface area contributed by atoms with Gasteiger partial charge in [0.25, 0.3) is 5.91 Å². The zero-order valence-corrected chi connectivity index (χ0v) is 10.0. The molecule has 0 spiro atoms. The number of amides is 1. The van der Waals surface area contributed by atoms with Gasteiger partial charge in [0, 0.05) is 23.8 Å². The maximum absolute atomic E-state index is 12.0. The first kappa shape index (κ1) is 13.8. The molecule has 6 heteroatoms. The molecule has 94 valence electrons. The molecule has 0 saturated carbocycles. The van der Waals surface area contributed by atoms with Gasteiger partial charge in [-0.1, -0.05) is 11.6 Å². The smallest absolute Gasteiger partial charge is 0.256 e. The second kappa shape index (κ2) is 6.44. The molecule has 1 rings (SSSR count). The van der Waals surface area contributed by atoms with E-state index in [-0.39, 0.29) is 37.9 Å². The van der Waals surface area contributed by atoms with E-state index in [1.54, 1.807) is 6.07 Å². The van der Waals surface area contributed by atoms with Crippen molar-refractivity contribution < 1.29 is 15.0 Å². The van der Waals surface area contributed by atoms with Crippen LogP contribution in [0.3, 0.4) is 0 Å². The highest BCUT2D eigenvalue weighted by molar-refractivity contribution is 6.31. The fourth-order valence-electron chi connectivity index (χ4n) is 1.46. The molecular weight excluding hydrogens is 244 g/mol. The van der Waals surface area contributed by atoms with E-state index in [4.69, 9.17) is 27.5 Å². The summed E-state index contributed by atoms with van der Waals surface area (Å²) in [5.41, 5.74) is 6.29. The number of aliphatic hydroxyl groups excluding tert-OH is 2. The van der Waals surface area contributed by atoms with Crippen molar-refractivity contribution in [2.75, 3.05) is 32.0 Å². The number of halogens is 1. The lowest BCUT2D eigenvalue weighted by Gasteiger charge is -2.21. The Morgan fingerprint density at radius 2 is 1.88 bits per heavy atom. The Morgan fingerprint density at radius 1 is 1.29 bits per heavy atom. The third kappa shape index (κ3) is 3.59. The highest BCUT2D eigenvalue weighted by Crippen LogP contribution is 2.19. The van der Waals surface area contributed by atoms with Crippen molar-refractivity contribution in [1.82, 2.24) is 4.90 Å². The monoisotopic (exact) mass is 258 g/mol. The quantitative estimate of drug-likeness (QED) is 0.665. The van der Waals surface area contributed by atoms with Crippen LogP contribution in [0.2, 0.25) is 5.02 Å². The van der Waals surface area contributed by atoms with E-state index in [9.17, 15) is 4.79 Å². The van der Waals surface area contributed by atoms with Gasteiger partial charge in [0.2, 0.25) is 0 Å². The lowest BCUT2D eigenvalue weighted by Crippen LogP contribution is -2.36. The molecule has 0 aromatic heterocycles. The predicted molar refractivity (Wildman–Crippen MR) is 65.9 cm³/mol. The van der Waals surface area contributed by atoms with Gasteiger partial charge in [0.15, 0.2) is 0 Å². The highest BCUT2D eigenvalue weighted by Gasteiger charge is 2.17. The number of nitrogens with zero attached hydrogens (tertiary/aromatic N) is 1. The summed E-state index contributed by atoms with van der Waals surface area (Å²) < 4.78 is 0. The molecule has 0 aliphatic carbocycles. The molecule has 1 aromatic rings. The van der Waals surface area contributed by atoms with Crippen LogP contribution in [0.25, 0.3) is 0 Å². The fourth-order valence-corrected chi connectivity index (χ4v) is 1.64. The van der Waals surface area contributed by atoms with Gasteiger partial charge in [-0.3, -0.25) is 4.79 Å². The van der Waals surface area contributed by atoms with Crippen LogP contribution in [0.1, 0.15) is 10.4 Å². The number of aliphatic hydroxyl groups is 2. The summed E-state index contributed by atoms with van der Waals surface area (Å²) >= 11 is 5.74. The van der Waals surface area contributed by atoms with Gasteiger partial charge in [-0.2, -0.15) is 0 Å². The highest BCUT2D eigenvalue weighted by atomic mass is 35.5. The van der Waals surface area contributed by atoms with Gasteiger partial charge < -0.3 is 20.8 Å². The maximum atomic E-state index is 12.0. The Morgan fingerprint density at radius 3 is 2.35 bits per heavy atom. The number of carbonyl (C=O) groups excluding carboxylic acids is 1. The van der Waals surface area contributed by atoms with Crippen molar-refractivity contribution in [3.63, 3.8) is 0 Å². The third-order valence-corrected chi connectivity index (χ3v) is 2.51. The van der Waals surface area contributed by atoms with Crippen LogP contribution >= 0.6 is 11.6 Å². The van der Waals surface area contributed by atoms with Crippen molar-refractivity contribution >= 4 is 23.2 Å². The van der Waals surface area contributed by atoms with Crippen LogP contribution in [-0.2, 0) is 0 Å². The number of anilines is 1. The van der Waals surface area contributed by atoms with E-state index in [1.165, 1.54) is 17.0 Å². The summed E-state index contributed by atoms with van der Waals surface area (Å²) in [4.78, 5) is 13.4. The van der Waals surface area contributed by atoms with Gasteiger partial charge in [-0.05, 0) is 18.2 Å². The topological polar surface area (TPSA) is 86.8 Å². The van der Waals surface area contributed by atoms with Crippen molar-refractivity contribution in [1.29, 1.82) is 0 Å². The molecule has 1 amide bonds. The van der Waals surface area contributed by atoms with Crippen LogP contribution in [0.4, 0.5) is 5.69 Å². The van der Waals surface area contributed by atoms with Gasteiger partial charge >= 0.3 is 0 Å². The lowest BCUT2D eigenvalue weighted by molar-refractivity contribution is 0.0686. The summed E-state index contributed by atoms with van der Waals surface area (Å²) in [5.74, 6) is -0.331. The van der Waals surface area contributed by atoms with Gasteiger partial charge in [-0.25, -0.2) is 0 Å². The molecule has 1 aromatic carbocycles. The molecule has 0 saturated heterocycles. The number of hydrogen-bond acceptors (Lipinski definition) is 4. The van der Waals surface area contributed by atoms with Crippen LogP contribution in [0.15, 0.2) is 18.2 Å². The number of nitrogens with two attached hydrogens (primary N) is 1. The van der Waals surface area contributed by atoms with Crippen molar-refractivity contribution in [3.05, 3.63) is 28.8 Å². The minimum absolute atomic E-state index is 0.154. The van der Waals surface area contributed by atoms with E-state index < -0.39 is 0 Å². The third-order valence-electron chi connectivity index (χ3n) is 2.27. The number of carbonyl (C=O) groups is 1. The van der Waals surface area contributed by atoms with Crippen LogP contribution in [0, 0.1) is 0 Å². The van der Waals surface area contributed by atoms with E-state index in [0.29, 0.717) is 10.6 Å². The van der Waals surface area contributed by atoms with Gasteiger partial charge in [0.1, 0.15) is 0 Å². The number of hydrogen-bond donors (Lipinski definition) is 3. The molecule has 17 heavy (non-hydrogen) atoms. The average Bonchev–Trinajstić information content (AvgIpc) is 2.28. The SMILES string of the molecule is Nc1cc(Cl)ccc1C(=O)N(CCO)CCO. The zero-order valence-electron chi connectivity index (χ0n) is 9.27. The van der Waals surface area contributed by atoms with E-state index in [2.05, 4.69) is 0 Å². The Hall–Kier alpha value is -1.30. The fraction of sp³-hybridized carbons (Fsp3) is 0.364. The molecule has 0 atom stereocenters. The second-order valence-corrected chi connectivity index (χ2v) is 3.91. The first-order valence-corrected chi connectivity index (χ1v) is 5.54. The molecule has 4 N–H and O–H groups in total. The summed E-state index contributed by atoms with van der Waals surface area (Å²) in [6.45, 7) is -0.0264. The molecule has 0 unspecified atom stereocenters. The molecule has 5 nitrogen and oxygen atoms in total. The second-order valence-electron chi connectivity index (χ2n) is 3.47. The Balaban J connectivity index is 2.92.